The van der Waals surface area contributed by atoms with E-state index in [-0.39, 0.29) is 28.9 Å². The summed E-state index contributed by atoms with van der Waals surface area (Å²) in [4.78, 5) is 17.1. The third-order valence-electron chi connectivity index (χ3n) is 8.59. The lowest BCUT2D eigenvalue weighted by Gasteiger charge is -2.61. The van der Waals surface area contributed by atoms with Gasteiger partial charge in [0, 0.05) is 17.9 Å². The minimum Gasteiger partial charge on any atom is -0.667 e. The van der Waals surface area contributed by atoms with E-state index in [1.807, 2.05) is 19.2 Å². The van der Waals surface area contributed by atoms with Crippen LogP contribution in [0.25, 0.3) is 0 Å². The fourth-order valence-corrected chi connectivity index (χ4v) is 7.82. The molecule has 2 saturated carbocycles. The molecule has 0 aliphatic heterocycles. The molecule has 0 aromatic carbocycles. The van der Waals surface area contributed by atoms with Crippen LogP contribution in [0.3, 0.4) is 0 Å². The van der Waals surface area contributed by atoms with Gasteiger partial charge in [-0.15, -0.1) is 0 Å². The molecule has 2 N–H and O–H groups in total. The number of allylic oxidation sites excluding steroid dienone is 1. The summed E-state index contributed by atoms with van der Waals surface area (Å²) in [5.74, 6) is -0.482. The average Bonchev–Trinajstić information content (AvgIpc) is 3.18. The molecule has 2 fully saturated rings. The molecular weight excluding hydrogens is 342 g/mol. The maximum Gasteiger partial charge on any atom is 0.334 e. The third kappa shape index (κ3) is 1.72. The van der Waals surface area contributed by atoms with Gasteiger partial charge in [-0.25, -0.2) is 4.79 Å². The van der Waals surface area contributed by atoms with Crippen LogP contribution in [0.2, 0.25) is 0 Å². The van der Waals surface area contributed by atoms with Crippen LogP contribution in [0.4, 0.5) is 0 Å². The molecule has 4 aliphatic rings. The van der Waals surface area contributed by atoms with Crippen LogP contribution < -0.4 is 4.98 Å². The molecule has 0 saturated heterocycles. The Morgan fingerprint density at radius 1 is 1.41 bits per heavy atom. The first kappa shape index (κ1) is 17.5. The zero-order valence-corrected chi connectivity index (χ0v) is 16.3. The Kier molecular flexibility index (Phi) is 3.41. The van der Waals surface area contributed by atoms with Crippen LogP contribution in [0.5, 0.6) is 0 Å². The van der Waals surface area contributed by atoms with Crippen molar-refractivity contribution in [2.45, 2.75) is 58.0 Å². The summed E-state index contributed by atoms with van der Waals surface area (Å²) in [7, 11) is 0. The lowest BCUT2D eigenvalue weighted by atomic mass is 9.43. The van der Waals surface area contributed by atoms with E-state index in [4.69, 9.17) is 4.74 Å². The van der Waals surface area contributed by atoms with Gasteiger partial charge in [0.05, 0.1) is 12.2 Å². The number of aliphatic hydroxyl groups is 1. The van der Waals surface area contributed by atoms with Gasteiger partial charge < -0.3 is 19.9 Å². The van der Waals surface area contributed by atoms with E-state index in [2.05, 4.69) is 18.8 Å². The number of aromatic nitrogens is 1. The number of hydrogen-bond acceptors (Lipinski definition) is 3. The summed E-state index contributed by atoms with van der Waals surface area (Å²) in [5.41, 5.74) is 1.44. The Hall–Kier alpha value is -1.59. The van der Waals surface area contributed by atoms with E-state index in [9.17, 15) is 15.0 Å². The second-order valence-corrected chi connectivity index (χ2v) is 9.34. The number of hydrogen-bond donors (Lipinski definition) is 2. The lowest BCUT2D eigenvalue weighted by Crippen LogP contribution is -2.58. The Balaban J connectivity index is 1.86. The molecule has 2 bridgehead atoms. The number of aliphatic carboxylic acids is 1. The normalized spacial score (nSPS) is 44.4. The van der Waals surface area contributed by atoms with Gasteiger partial charge in [0.1, 0.15) is 5.60 Å². The topological polar surface area (TPSA) is 80.9 Å². The predicted octanol–water partition coefficient (Wildman–Crippen LogP) is 2.89. The van der Waals surface area contributed by atoms with Crippen molar-refractivity contribution < 1.29 is 19.7 Å². The number of carbonyl (C=O) groups is 1. The first-order chi connectivity index (χ1) is 12.8. The molecule has 146 valence electrons. The van der Waals surface area contributed by atoms with E-state index in [0.717, 1.165) is 42.5 Å². The van der Waals surface area contributed by atoms with Crippen LogP contribution in [-0.4, -0.2) is 35.0 Å². The zero-order valence-electron chi connectivity index (χ0n) is 16.3. The Morgan fingerprint density at radius 2 is 2.19 bits per heavy atom. The molecule has 0 radical (unpaired) electrons. The van der Waals surface area contributed by atoms with Gasteiger partial charge in [-0.3, -0.25) is 0 Å². The summed E-state index contributed by atoms with van der Waals surface area (Å²) < 4.78 is 5.68. The minimum absolute atomic E-state index is 0.0269. The molecule has 0 unspecified atom stereocenters. The Morgan fingerprint density at radius 3 is 2.89 bits per heavy atom. The molecule has 0 amide bonds. The van der Waals surface area contributed by atoms with Gasteiger partial charge in [0.2, 0.25) is 0 Å². The first-order valence-corrected chi connectivity index (χ1v) is 10.2. The van der Waals surface area contributed by atoms with Gasteiger partial charge >= 0.3 is 5.97 Å². The van der Waals surface area contributed by atoms with Gasteiger partial charge in [-0.2, -0.15) is 11.9 Å². The Bertz CT molecular complexity index is 856. The van der Waals surface area contributed by atoms with Crippen molar-refractivity contribution in [1.29, 1.82) is 0 Å². The smallest absolute Gasteiger partial charge is 0.334 e. The minimum atomic E-state index is -1.50. The molecule has 1 spiro atoms. The molecule has 27 heavy (non-hydrogen) atoms. The summed E-state index contributed by atoms with van der Waals surface area (Å²) in [6.07, 6.45) is 5.70. The molecule has 5 rings (SSSR count). The molecule has 6 atom stereocenters. The zero-order chi connectivity index (χ0) is 19.2. The fraction of sp³-hybridized carbons (Fsp3) is 0.682. The average molecular weight is 370 g/mol. The number of nitrogens with zero attached hydrogens (tertiary/aromatic N) is 1. The monoisotopic (exact) mass is 370 g/mol. The van der Waals surface area contributed by atoms with Crippen LogP contribution >= 0.6 is 0 Å². The third-order valence-corrected chi connectivity index (χ3v) is 8.59. The van der Waals surface area contributed by atoms with Gasteiger partial charge in [0.25, 0.3) is 0 Å². The van der Waals surface area contributed by atoms with Crippen LogP contribution in [0, 0.1) is 22.7 Å². The van der Waals surface area contributed by atoms with Crippen molar-refractivity contribution in [2.24, 2.45) is 22.7 Å². The molecule has 1 aromatic rings. The van der Waals surface area contributed by atoms with E-state index in [0.29, 0.717) is 18.4 Å². The molecule has 5 nitrogen and oxygen atoms in total. The van der Waals surface area contributed by atoms with E-state index in [1.54, 1.807) is 0 Å². The van der Waals surface area contributed by atoms with Crippen LogP contribution in [0.1, 0.15) is 57.2 Å². The molecule has 4 aliphatic carbocycles. The second-order valence-electron chi connectivity index (χ2n) is 9.34. The highest BCUT2D eigenvalue weighted by atomic mass is 16.5. The van der Waals surface area contributed by atoms with Crippen molar-refractivity contribution in [3.05, 3.63) is 34.7 Å². The largest absolute Gasteiger partial charge is 0.667 e. The Labute approximate surface area is 159 Å². The van der Waals surface area contributed by atoms with Crippen molar-refractivity contribution in [2.75, 3.05) is 13.2 Å². The summed E-state index contributed by atoms with van der Waals surface area (Å²) in [6.45, 7) is 6.95. The fourth-order valence-electron chi connectivity index (χ4n) is 7.82. The highest BCUT2D eigenvalue weighted by Crippen LogP contribution is 2.80. The molecule has 1 aromatic heterocycles. The SMILES string of the molecule is CCOC[C@]1(O)C(C(=O)O)=C2C[C@H]3CC[C@@H](C)[C@@]24[C@@H]1c1cc[n-]c1C[C@@]34C. The highest BCUT2D eigenvalue weighted by molar-refractivity contribution is 5.93. The van der Waals surface area contributed by atoms with Crippen molar-refractivity contribution in [3.63, 3.8) is 0 Å². The van der Waals surface area contributed by atoms with E-state index >= 15 is 0 Å². The van der Waals surface area contributed by atoms with Crippen molar-refractivity contribution in [3.8, 4) is 0 Å². The summed E-state index contributed by atoms with van der Waals surface area (Å²) in [5, 5.41) is 22.2. The highest BCUT2D eigenvalue weighted by Gasteiger charge is 2.77. The van der Waals surface area contributed by atoms with Crippen LogP contribution in [-0.2, 0) is 16.0 Å². The molecule has 5 heteroatoms. The number of carboxylic acid groups (broad SMARTS) is 1. The number of ether oxygens (including phenoxy) is 1. The van der Waals surface area contributed by atoms with Gasteiger partial charge in [-0.1, -0.05) is 25.5 Å². The van der Waals surface area contributed by atoms with Gasteiger partial charge in [-0.05, 0) is 55.4 Å². The molecular formula is C22H28NO4-. The lowest BCUT2D eigenvalue weighted by molar-refractivity contribution is -0.140. The number of fused-ring (bicyclic) bond motifs is 2. The van der Waals surface area contributed by atoms with Crippen molar-refractivity contribution in [1.82, 2.24) is 4.98 Å². The van der Waals surface area contributed by atoms with E-state index in [1.165, 1.54) is 0 Å². The first-order valence-electron chi connectivity index (χ1n) is 10.2. The van der Waals surface area contributed by atoms with Crippen molar-refractivity contribution >= 4 is 5.97 Å². The standard InChI is InChI=1S/C22H28NO4/c1-4-27-11-21(26)17(19(24)25)15-9-13-6-5-12(2)22(15)18(21)14-7-8-23-16(14)10-20(13,22)3/h7-8,12-13,18,26H,4-6,9-11H2,1-3H3,(H,24,25)/q-1/t12-,13-,18-,20+,21+,22+/m1/s1. The number of rotatable bonds is 4. The maximum atomic E-state index is 12.5. The van der Waals surface area contributed by atoms with E-state index < -0.39 is 11.6 Å². The van der Waals surface area contributed by atoms with Crippen LogP contribution in [0.15, 0.2) is 23.4 Å². The predicted molar refractivity (Wildman–Crippen MR) is 99.4 cm³/mol. The number of carboxylic acids is 1. The summed E-state index contributed by atoms with van der Waals surface area (Å²) in [6, 6.07) is 2.00. The van der Waals surface area contributed by atoms with Gasteiger partial charge in [0.15, 0.2) is 0 Å². The second kappa shape index (κ2) is 5.26. The quantitative estimate of drug-likeness (QED) is 0.852. The maximum absolute atomic E-state index is 12.5. The summed E-state index contributed by atoms with van der Waals surface area (Å²) >= 11 is 0. The molecule has 1 heterocycles.